The summed E-state index contributed by atoms with van der Waals surface area (Å²) in [6.07, 6.45) is 0. The maximum atomic E-state index is 5.38. The molecule has 0 rings (SSSR count). The van der Waals surface area contributed by atoms with Gasteiger partial charge in [0.1, 0.15) is 5.91 Å². The monoisotopic (exact) mass is 162 g/mol. The minimum atomic E-state index is -0.765. The first-order valence-electron chi connectivity index (χ1n) is 3.95. The van der Waals surface area contributed by atoms with Crippen LogP contribution in [0.1, 0.15) is 13.8 Å². The molecule has 0 fully saturated rings. The molecule has 0 aromatic carbocycles. The maximum absolute atomic E-state index is 5.38. The molecular weight excluding hydrogens is 144 g/mol. The summed E-state index contributed by atoms with van der Waals surface area (Å²) >= 11 is 0. The zero-order valence-corrected chi connectivity index (χ0v) is 8.54. The van der Waals surface area contributed by atoms with Crippen molar-refractivity contribution in [2.45, 2.75) is 32.9 Å². The van der Waals surface area contributed by atoms with Crippen molar-refractivity contribution >= 4 is 8.80 Å². The van der Waals surface area contributed by atoms with E-state index in [1.54, 1.807) is 0 Å². The Bertz CT molecular complexity index is 70.0. The Morgan fingerprint density at radius 2 is 1.50 bits per heavy atom. The van der Waals surface area contributed by atoms with Gasteiger partial charge in [0.05, 0.1) is 8.80 Å². The van der Waals surface area contributed by atoms with E-state index in [1.807, 2.05) is 13.8 Å². The first-order valence-corrected chi connectivity index (χ1v) is 6.93. The molecule has 3 heteroatoms. The zero-order chi connectivity index (χ0) is 7.98. The molecule has 0 saturated heterocycles. The van der Waals surface area contributed by atoms with E-state index in [0.717, 1.165) is 13.2 Å². The van der Waals surface area contributed by atoms with E-state index >= 15 is 0 Å². The lowest BCUT2D eigenvalue weighted by Gasteiger charge is -2.19. The lowest BCUT2D eigenvalue weighted by molar-refractivity contribution is -0.0848. The third-order valence-electron chi connectivity index (χ3n) is 1.21. The lowest BCUT2D eigenvalue weighted by Crippen LogP contribution is -2.30. The van der Waals surface area contributed by atoms with Crippen molar-refractivity contribution in [3.8, 4) is 0 Å². The molecule has 0 spiro atoms. The largest absolute Gasteiger partial charge is 0.357 e. The van der Waals surface area contributed by atoms with Crippen molar-refractivity contribution in [3.05, 3.63) is 0 Å². The fourth-order valence-corrected chi connectivity index (χ4v) is 1.92. The second-order valence-electron chi connectivity index (χ2n) is 2.52. The molecule has 62 valence electrons. The number of hydrogen-bond donors (Lipinski definition) is 0. The van der Waals surface area contributed by atoms with E-state index in [4.69, 9.17) is 9.47 Å². The van der Waals surface area contributed by atoms with Crippen LogP contribution in [0.2, 0.25) is 13.1 Å². The van der Waals surface area contributed by atoms with E-state index in [1.165, 1.54) is 0 Å². The van der Waals surface area contributed by atoms with Crippen LogP contribution in [-0.4, -0.2) is 27.9 Å². The third kappa shape index (κ3) is 4.03. The van der Waals surface area contributed by atoms with Gasteiger partial charge in [-0.25, -0.2) is 0 Å². The van der Waals surface area contributed by atoms with Crippen LogP contribution in [-0.2, 0) is 9.47 Å². The molecule has 2 nitrogen and oxygen atoms in total. The number of ether oxygens (including phenoxy) is 2. The summed E-state index contributed by atoms with van der Waals surface area (Å²) < 4.78 is 10.8. The standard InChI is InChI=1S/C7H18O2Si/c1-5-8-7(9-6-2)10(3)4/h7,10H,5-6H2,1-4H3. The normalized spacial score (nSPS) is 11.4. The second-order valence-corrected chi connectivity index (χ2v) is 5.56. The highest BCUT2D eigenvalue weighted by molar-refractivity contribution is 6.56. The first kappa shape index (κ1) is 10.1. The van der Waals surface area contributed by atoms with Gasteiger partial charge in [0, 0.05) is 13.2 Å². The Labute approximate surface area is 65.1 Å². The minimum Gasteiger partial charge on any atom is -0.357 e. The van der Waals surface area contributed by atoms with Crippen molar-refractivity contribution < 1.29 is 9.47 Å². The summed E-state index contributed by atoms with van der Waals surface area (Å²) in [7, 11) is -0.765. The molecule has 0 aromatic rings. The highest BCUT2D eigenvalue weighted by Crippen LogP contribution is 1.99. The van der Waals surface area contributed by atoms with Crippen molar-refractivity contribution in [3.63, 3.8) is 0 Å². The molecule has 0 unspecified atom stereocenters. The van der Waals surface area contributed by atoms with Crippen molar-refractivity contribution in [1.29, 1.82) is 0 Å². The Hall–Kier alpha value is 0.137. The lowest BCUT2D eigenvalue weighted by atomic mass is 10.8. The Kier molecular flexibility index (Phi) is 5.97. The fraction of sp³-hybridized carbons (Fsp3) is 1.00. The molecule has 0 aliphatic rings. The summed E-state index contributed by atoms with van der Waals surface area (Å²) in [5.41, 5.74) is 0. The van der Waals surface area contributed by atoms with Crippen LogP contribution in [0.4, 0.5) is 0 Å². The van der Waals surface area contributed by atoms with Gasteiger partial charge in [-0.3, -0.25) is 0 Å². The smallest absolute Gasteiger partial charge is 0.137 e. The van der Waals surface area contributed by atoms with Crippen LogP contribution in [0.15, 0.2) is 0 Å². The summed E-state index contributed by atoms with van der Waals surface area (Å²) in [6.45, 7) is 9.99. The van der Waals surface area contributed by atoms with Gasteiger partial charge in [-0.2, -0.15) is 0 Å². The highest BCUT2D eigenvalue weighted by atomic mass is 28.3. The fourth-order valence-electron chi connectivity index (χ4n) is 0.762. The summed E-state index contributed by atoms with van der Waals surface area (Å²) in [5.74, 6) is 0.120. The van der Waals surface area contributed by atoms with Crippen LogP contribution in [0.5, 0.6) is 0 Å². The van der Waals surface area contributed by atoms with Crippen LogP contribution in [0.3, 0.4) is 0 Å². The molecule has 0 bridgehead atoms. The average Bonchev–Trinajstić information content (AvgIpc) is 1.87. The van der Waals surface area contributed by atoms with Gasteiger partial charge < -0.3 is 9.47 Å². The van der Waals surface area contributed by atoms with Crippen molar-refractivity contribution in [1.82, 2.24) is 0 Å². The van der Waals surface area contributed by atoms with E-state index in [-0.39, 0.29) is 5.91 Å². The van der Waals surface area contributed by atoms with Crippen LogP contribution in [0.25, 0.3) is 0 Å². The molecule has 0 radical (unpaired) electrons. The molecule has 0 saturated carbocycles. The molecule has 0 aliphatic carbocycles. The predicted molar refractivity (Wildman–Crippen MR) is 45.9 cm³/mol. The molecule has 0 aliphatic heterocycles. The Morgan fingerprint density at radius 1 is 1.10 bits per heavy atom. The summed E-state index contributed by atoms with van der Waals surface area (Å²) in [6, 6.07) is 0. The van der Waals surface area contributed by atoms with Gasteiger partial charge in [0.25, 0.3) is 0 Å². The average molecular weight is 162 g/mol. The molecule has 0 amide bonds. The van der Waals surface area contributed by atoms with E-state index in [9.17, 15) is 0 Å². The van der Waals surface area contributed by atoms with Gasteiger partial charge >= 0.3 is 0 Å². The molecule has 0 N–H and O–H groups in total. The maximum Gasteiger partial charge on any atom is 0.137 e. The Morgan fingerprint density at radius 3 is 1.70 bits per heavy atom. The summed E-state index contributed by atoms with van der Waals surface area (Å²) in [5, 5.41) is 0. The van der Waals surface area contributed by atoms with Gasteiger partial charge in [-0.05, 0) is 13.8 Å². The topological polar surface area (TPSA) is 18.5 Å². The molecule has 10 heavy (non-hydrogen) atoms. The zero-order valence-electron chi connectivity index (χ0n) is 7.39. The predicted octanol–water partition coefficient (Wildman–Crippen LogP) is 1.41. The molecule has 0 heterocycles. The molecular formula is C7H18O2Si. The molecule has 0 aromatic heterocycles. The Balaban J connectivity index is 3.50. The van der Waals surface area contributed by atoms with Crippen LogP contribution < -0.4 is 0 Å². The van der Waals surface area contributed by atoms with Gasteiger partial charge in [-0.1, -0.05) is 13.1 Å². The number of hydrogen-bond acceptors (Lipinski definition) is 2. The summed E-state index contributed by atoms with van der Waals surface area (Å²) in [4.78, 5) is 0. The SMILES string of the molecule is CCOC(OCC)[SiH](C)C. The van der Waals surface area contributed by atoms with E-state index in [2.05, 4.69) is 13.1 Å². The molecule has 0 atom stereocenters. The van der Waals surface area contributed by atoms with Gasteiger partial charge in [0.15, 0.2) is 0 Å². The van der Waals surface area contributed by atoms with Crippen molar-refractivity contribution in [2.24, 2.45) is 0 Å². The second kappa shape index (κ2) is 5.89. The number of rotatable bonds is 5. The van der Waals surface area contributed by atoms with Crippen LogP contribution in [0, 0.1) is 0 Å². The van der Waals surface area contributed by atoms with Gasteiger partial charge in [-0.15, -0.1) is 0 Å². The first-order chi connectivity index (χ1) is 4.72. The van der Waals surface area contributed by atoms with E-state index in [0.29, 0.717) is 0 Å². The van der Waals surface area contributed by atoms with Gasteiger partial charge in [0.2, 0.25) is 0 Å². The van der Waals surface area contributed by atoms with Crippen molar-refractivity contribution in [2.75, 3.05) is 13.2 Å². The third-order valence-corrected chi connectivity index (χ3v) is 2.68. The van der Waals surface area contributed by atoms with E-state index < -0.39 is 8.80 Å². The highest BCUT2D eigenvalue weighted by Gasteiger charge is 2.12. The minimum absolute atomic E-state index is 0.120. The van der Waals surface area contributed by atoms with Crippen LogP contribution >= 0.6 is 0 Å². The quantitative estimate of drug-likeness (QED) is 0.449.